The van der Waals surface area contributed by atoms with Gasteiger partial charge in [-0.2, -0.15) is 0 Å². The largest absolute Gasteiger partial charge is 0.467 e. The molecule has 0 bridgehead atoms. The predicted molar refractivity (Wildman–Crippen MR) is 81.1 cm³/mol. The third-order valence-electron chi connectivity index (χ3n) is 3.97. The number of Topliss-reactive ketones (excluding diaryl/α,β-unsaturated/α-hetero) is 1. The molecule has 5 heteroatoms. The summed E-state index contributed by atoms with van der Waals surface area (Å²) in [6.45, 7) is 0. The molecule has 1 amide bonds. The number of ketones is 1. The van der Waals surface area contributed by atoms with Crippen LogP contribution in [0.5, 0.6) is 0 Å². The summed E-state index contributed by atoms with van der Waals surface area (Å²) in [5, 5.41) is 2.74. The summed E-state index contributed by atoms with van der Waals surface area (Å²) < 4.78 is 4.79. The van der Waals surface area contributed by atoms with Gasteiger partial charge in [-0.1, -0.05) is 30.3 Å². The number of carbonyl (C=O) groups is 3. The Bertz CT molecular complexity index is 541. The first-order chi connectivity index (χ1) is 10.6. The van der Waals surface area contributed by atoms with Crippen molar-refractivity contribution in [2.24, 2.45) is 5.92 Å². The zero-order valence-electron chi connectivity index (χ0n) is 12.7. The van der Waals surface area contributed by atoms with E-state index in [1.807, 2.05) is 30.3 Å². The molecule has 0 radical (unpaired) electrons. The smallest absolute Gasteiger partial charge is 0.328 e. The lowest BCUT2D eigenvalue weighted by atomic mass is 9.83. The van der Waals surface area contributed by atoms with Crippen LogP contribution in [0.25, 0.3) is 0 Å². The summed E-state index contributed by atoms with van der Waals surface area (Å²) in [6, 6.07) is 8.57. The van der Waals surface area contributed by atoms with Crippen molar-refractivity contribution in [3.8, 4) is 0 Å². The molecule has 1 aromatic carbocycles. The number of amides is 1. The molecule has 0 saturated heterocycles. The van der Waals surface area contributed by atoms with Crippen LogP contribution < -0.4 is 5.32 Å². The first-order valence-corrected chi connectivity index (χ1v) is 7.53. The Balaban J connectivity index is 2.01. The number of rotatable bonds is 5. The predicted octanol–water partition coefficient (Wildman–Crippen LogP) is 1.65. The van der Waals surface area contributed by atoms with Gasteiger partial charge in [0.1, 0.15) is 11.8 Å². The monoisotopic (exact) mass is 303 g/mol. The Kier molecular flexibility index (Phi) is 5.69. The Morgan fingerprint density at radius 2 is 2.05 bits per heavy atom. The number of methoxy groups -OCH3 is 1. The van der Waals surface area contributed by atoms with Crippen molar-refractivity contribution in [3.05, 3.63) is 35.9 Å². The molecule has 2 atom stereocenters. The summed E-state index contributed by atoms with van der Waals surface area (Å²) in [4.78, 5) is 35.7. The fraction of sp³-hybridized carbons (Fsp3) is 0.471. The number of hydrogen-bond acceptors (Lipinski definition) is 4. The third-order valence-corrected chi connectivity index (χ3v) is 3.97. The molecule has 0 heterocycles. The zero-order chi connectivity index (χ0) is 15.9. The second-order valence-corrected chi connectivity index (χ2v) is 5.63. The van der Waals surface area contributed by atoms with E-state index in [0.717, 1.165) is 18.4 Å². The SMILES string of the molecule is COC(=O)[C@@H](NC(=O)Cc1ccccc1)[C@@H]1CCCC(=O)C1. The number of nitrogens with one attached hydrogen (secondary N) is 1. The molecule has 0 aromatic heterocycles. The summed E-state index contributed by atoms with van der Waals surface area (Å²) in [6.07, 6.45) is 2.59. The van der Waals surface area contributed by atoms with Crippen molar-refractivity contribution in [1.29, 1.82) is 0 Å². The average Bonchev–Trinajstić information content (AvgIpc) is 2.53. The molecule has 0 aliphatic heterocycles. The van der Waals surface area contributed by atoms with Gasteiger partial charge in [0.05, 0.1) is 13.5 Å². The van der Waals surface area contributed by atoms with Crippen LogP contribution in [0.2, 0.25) is 0 Å². The van der Waals surface area contributed by atoms with E-state index in [1.165, 1.54) is 7.11 Å². The molecule has 0 spiro atoms. The second-order valence-electron chi connectivity index (χ2n) is 5.63. The summed E-state index contributed by atoms with van der Waals surface area (Å²) in [5.74, 6) is -0.753. The fourth-order valence-corrected chi connectivity index (χ4v) is 2.84. The lowest BCUT2D eigenvalue weighted by Crippen LogP contribution is -2.48. The van der Waals surface area contributed by atoms with Crippen LogP contribution >= 0.6 is 0 Å². The molecule has 1 aromatic rings. The Morgan fingerprint density at radius 1 is 1.32 bits per heavy atom. The van der Waals surface area contributed by atoms with Gasteiger partial charge in [0.15, 0.2) is 0 Å². The maximum Gasteiger partial charge on any atom is 0.328 e. The molecule has 2 rings (SSSR count). The van der Waals surface area contributed by atoms with E-state index in [1.54, 1.807) is 0 Å². The van der Waals surface area contributed by atoms with Gasteiger partial charge in [-0.15, -0.1) is 0 Å². The minimum Gasteiger partial charge on any atom is -0.467 e. The summed E-state index contributed by atoms with van der Waals surface area (Å²) in [5.41, 5.74) is 0.878. The van der Waals surface area contributed by atoms with E-state index >= 15 is 0 Å². The van der Waals surface area contributed by atoms with E-state index in [9.17, 15) is 14.4 Å². The minimum absolute atomic E-state index is 0.141. The van der Waals surface area contributed by atoms with E-state index in [-0.39, 0.29) is 24.0 Å². The zero-order valence-corrected chi connectivity index (χ0v) is 12.7. The molecular weight excluding hydrogens is 282 g/mol. The van der Waals surface area contributed by atoms with Crippen molar-refractivity contribution in [1.82, 2.24) is 5.32 Å². The molecule has 1 fully saturated rings. The quantitative estimate of drug-likeness (QED) is 0.839. The fourth-order valence-electron chi connectivity index (χ4n) is 2.84. The highest BCUT2D eigenvalue weighted by molar-refractivity contribution is 5.87. The normalized spacial score (nSPS) is 19.3. The number of benzene rings is 1. The molecule has 5 nitrogen and oxygen atoms in total. The van der Waals surface area contributed by atoms with Crippen molar-refractivity contribution in [3.63, 3.8) is 0 Å². The number of carbonyl (C=O) groups excluding carboxylic acids is 3. The van der Waals surface area contributed by atoms with Gasteiger partial charge in [-0.05, 0) is 24.3 Å². The average molecular weight is 303 g/mol. The van der Waals surface area contributed by atoms with E-state index in [0.29, 0.717) is 12.8 Å². The van der Waals surface area contributed by atoms with E-state index in [2.05, 4.69) is 5.32 Å². The van der Waals surface area contributed by atoms with Crippen LogP contribution in [0, 0.1) is 5.92 Å². The van der Waals surface area contributed by atoms with Gasteiger partial charge in [-0.3, -0.25) is 9.59 Å². The molecule has 1 aliphatic carbocycles. The van der Waals surface area contributed by atoms with Crippen molar-refractivity contribution >= 4 is 17.7 Å². The molecule has 1 saturated carbocycles. The van der Waals surface area contributed by atoms with Gasteiger partial charge in [0, 0.05) is 12.8 Å². The van der Waals surface area contributed by atoms with Crippen LogP contribution in [0.1, 0.15) is 31.2 Å². The lowest BCUT2D eigenvalue weighted by Gasteiger charge is -2.28. The molecule has 1 aliphatic rings. The van der Waals surface area contributed by atoms with Crippen molar-refractivity contribution in [2.75, 3.05) is 7.11 Å². The third kappa shape index (κ3) is 4.41. The Morgan fingerprint density at radius 3 is 2.68 bits per heavy atom. The second kappa shape index (κ2) is 7.73. The van der Waals surface area contributed by atoms with Crippen LogP contribution in [0.3, 0.4) is 0 Å². The summed E-state index contributed by atoms with van der Waals surface area (Å²) >= 11 is 0. The Labute approximate surface area is 130 Å². The van der Waals surface area contributed by atoms with E-state index in [4.69, 9.17) is 4.74 Å². The van der Waals surface area contributed by atoms with Gasteiger partial charge in [0.2, 0.25) is 5.91 Å². The van der Waals surface area contributed by atoms with Crippen LogP contribution in [-0.2, 0) is 25.5 Å². The molecule has 22 heavy (non-hydrogen) atoms. The van der Waals surface area contributed by atoms with Crippen molar-refractivity contribution < 1.29 is 19.1 Å². The highest BCUT2D eigenvalue weighted by atomic mass is 16.5. The van der Waals surface area contributed by atoms with Gasteiger partial charge in [-0.25, -0.2) is 4.79 Å². The number of esters is 1. The maximum absolute atomic E-state index is 12.2. The first kappa shape index (κ1) is 16.2. The van der Waals surface area contributed by atoms with Crippen LogP contribution in [-0.4, -0.2) is 30.8 Å². The van der Waals surface area contributed by atoms with Gasteiger partial charge >= 0.3 is 5.97 Å². The van der Waals surface area contributed by atoms with Gasteiger partial charge < -0.3 is 10.1 Å². The summed E-state index contributed by atoms with van der Waals surface area (Å²) in [7, 11) is 1.29. The molecule has 1 N–H and O–H groups in total. The molecule has 0 unspecified atom stereocenters. The standard InChI is InChI=1S/C17H21NO4/c1-22-17(21)16(13-8-5-9-14(19)11-13)18-15(20)10-12-6-3-2-4-7-12/h2-4,6-7,13,16H,5,8-11H2,1H3,(H,18,20)/t13-,16+/m1/s1. The molecular formula is C17H21NO4. The lowest BCUT2D eigenvalue weighted by molar-refractivity contribution is -0.147. The first-order valence-electron chi connectivity index (χ1n) is 7.53. The number of ether oxygens (including phenoxy) is 1. The Hall–Kier alpha value is -2.17. The van der Waals surface area contributed by atoms with Crippen LogP contribution in [0.15, 0.2) is 30.3 Å². The number of hydrogen-bond donors (Lipinski definition) is 1. The van der Waals surface area contributed by atoms with Gasteiger partial charge in [0.25, 0.3) is 0 Å². The van der Waals surface area contributed by atoms with Crippen molar-refractivity contribution in [2.45, 2.75) is 38.1 Å². The molecule has 118 valence electrons. The van der Waals surface area contributed by atoms with E-state index < -0.39 is 12.0 Å². The maximum atomic E-state index is 12.2. The topological polar surface area (TPSA) is 72.5 Å². The minimum atomic E-state index is -0.745. The highest BCUT2D eigenvalue weighted by Gasteiger charge is 2.34. The van der Waals surface area contributed by atoms with Crippen LogP contribution in [0.4, 0.5) is 0 Å². The highest BCUT2D eigenvalue weighted by Crippen LogP contribution is 2.25.